The van der Waals surface area contributed by atoms with Crippen LogP contribution in [0.4, 0.5) is 5.69 Å². The highest BCUT2D eigenvalue weighted by Crippen LogP contribution is 2.16. The minimum Gasteiger partial charge on any atom is -0.489 e. The van der Waals surface area contributed by atoms with Crippen molar-refractivity contribution in [1.82, 2.24) is 5.32 Å². The largest absolute Gasteiger partial charge is 0.489 e. The molecule has 6 nitrogen and oxygen atoms in total. The summed E-state index contributed by atoms with van der Waals surface area (Å²) in [6.07, 6.45) is 0.765. The predicted molar refractivity (Wildman–Crippen MR) is 128 cm³/mol. The molecule has 3 rings (SSSR count). The zero-order valence-electron chi connectivity index (χ0n) is 17.7. The Morgan fingerprint density at radius 1 is 0.906 bits per heavy atom. The summed E-state index contributed by atoms with van der Waals surface area (Å²) in [5.41, 5.74) is 2.56. The normalized spacial score (nSPS) is 10.2. The van der Waals surface area contributed by atoms with Crippen molar-refractivity contribution in [3.05, 3.63) is 95.6 Å². The smallest absolute Gasteiger partial charge is 0.338 e. The summed E-state index contributed by atoms with van der Waals surface area (Å²) in [5, 5.41) is 5.72. The zero-order valence-corrected chi connectivity index (χ0v) is 18.5. The van der Waals surface area contributed by atoms with Crippen LogP contribution < -0.4 is 15.4 Å². The molecule has 2 N–H and O–H groups in total. The molecule has 3 aromatic carbocycles. The van der Waals surface area contributed by atoms with E-state index in [9.17, 15) is 9.59 Å². The average Bonchev–Trinajstić information content (AvgIpc) is 2.82. The van der Waals surface area contributed by atoms with Crippen LogP contribution in [-0.4, -0.2) is 23.6 Å². The molecule has 0 saturated carbocycles. The molecule has 0 fully saturated rings. The van der Waals surface area contributed by atoms with Gasteiger partial charge in [0.2, 0.25) is 0 Å². The molecule has 0 atom stereocenters. The minimum absolute atomic E-state index is 0.145. The van der Waals surface area contributed by atoms with Crippen molar-refractivity contribution in [2.45, 2.75) is 20.0 Å². The van der Waals surface area contributed by atoms with E-state index in [-0.39, 0.29) is 17.0 Å². The molecular formula is C25H24N2O4S. The highest BCUT2D eigenvalue weighted by atomic mass is 32.1. The van der Waals surface area contributed by atoms with E-state index in [1.165, 1.54) is 0 Å². The topological polar surface area (TPSA) is 76.7 Å². The van der Waals surface area contributed by atoms with Crippen molar-refractivity contribution in [3.63, 3.8) is 0 Å². The van der Waals surface area contributed by atoms with Crippen LogP contribution in [0.2, 0.25) is 0 Å². The summed E-state index contributed by atoms with van der Waals surface area (Å²) >= 11 is 5.24. The molecule has 0 aliphatic heterocycles. The number of anilines is 1. The maximum absolute atomic E-state index is 12.6. The molecule has 0 unspecified atom stereocenters. The van der Waals surface area contributed by atoms with Crippen LogP contribution in [-0.2, 0) is 11.3 Å². The molecule has 1 amide bonds. The van der Waals surface area contributed by atoms with Crippen LogP contribution in [0.1, 0.15) is 39.6 Å². The molecule has 0 radical (unpaired) electrons. The van der Waals surface area contributed by atoms with E-state index in [0.717, 1.165) is 12.0 Å². The summed E-state index contributed by atoms with van der Waals surface area (Å²) in [7, 11) is 0. The van der Waals surface area contributed by atoms with Crippen molar-refractivity contribution < 1.29 is 19.1 Å². The lowest BCUT2D eigenvalue weighted by molar-refractivity contribution is 0.0505. The van der Waals surface area contributed by atoms with E-state index in [4.69, 9.17) is 21.7 Å². The maximum Gasteiger partial charge on any atom is 0.338 e. The van der Waals surface area contributed by atoms with Crippen molar-refractivity contribution in [2.24, 2.45) is 0 Å². The molecule has 0 saturated heterocycles. The lowest BCUT2D eigenvalue weighted by atomic mass is 10.2. The lowest BCUT2D eigenvalue weighted by Gasteiger charge is -2.11. The number of ether oxygens (including phenoxy) is 2. The van der Waals surface area contributed by atoms with Gasteiger partial charge >= 0.3 is 5.97 Å². The summed E-state index contributed by atoms with van der Waals surface area (Å²) in [5.74, 6) is -0.137. The third-order valence-corrected chi connectivity index (χ3v) is 4.59. The fraction of sp³-hybridized carbons (Fsp3) is 0.160. The molecule has 0 aliphatic rings. The molecule has 0 bridgehead atoms. The first-order chi connectivity index (χ1) is 15.5. The van der Waals surface area contributed by atoms with Gasteiger partial charge in [-0.25, -0.2) is 4.79 Å². The van der Waals surface area contributed by atoms with Gasteiger partial charge in [0.25, 0.3) is 5.91 Å². The number of nitrogens with one attached hydrogen (secondary N) is 2. The molecule has 7 heteroatoms. The van der Waals surface area contributed by atoms with Crippen LogP contribution >= 0.6 is 12.2 Å². The molecule has 0 heterocycles. The van der Waals surface area contributed by atoms with E-state index in [1.807, 2.05) is 37.3 Å². The number of amides is 1. The van der Waals surface area contributed by atoms with Gasteiger partial charge in [0.1, 0.15) is 12.4 Å². The van der Waals surface area contributed by atoms with E-state index < -0.39 is 0 Å². The Balaban J connectivity index is 1.53. The van der Waals surface area contributed by atoms with Crippen LogP contribution in [0.25, 0.3) is 0 Å². The highest BCUT2D eigenvalue weighted by Gasteiger charge is 2.10. The molecule has 164 valence electrons. The second-order valence-corrected chi connectivity index (χ2v) is 7.33. The number of esters is 1. The third kappa shape index (κ3) is 6.92. The molecule has 0 aromatic heterocycles. The second-order valence-electron chi connectivity index (χ2n) is 6.92. The Bertz CT molecular complexity index is 1070. The van der Waals surface area contributed by atoms with Crippen LogP contribution in [0.3, 0.4) is 0 Å². The Hall–Kier alpha value is -3.71. The molecular weight excluding hydrogens is 424 g/mol. The third-order valence-electron chi connectivity index (χ3n) is 4.39. The van der Waals surface area contributed by atoms with Crippen LogP contribution in [0.15, 0.2) is 78.9 Å². The quantitative estimate of drug-likeness (QED) is 0.375. The zero-order chi connectivity index (χ0) is 22.8. The first kappa shape index (κ1) is 23.0. The minimum atomic E-state index is -0.372. The number of hydrogen-bond acceptors (Lipinski definition) is 5. The monoisotopic (exact) mass is 448 g/mol. The Kier molecular flexibility index (Phi) is 8.34. The summed E-state index contributed by atoms with van der Waals surface area (Å²) in [6, 6.07) is 23.3. The van der Waals surface area contributed by atoms with Gasteiger partial charge in [-0.2, -0.15) is 0 Å². The Morgan fingerprint density at radius 2 is 1.66 bits per heavy atom. The number of rotatable bonds is 8. The highest BCUT2D eigenvalue weighted by molar-refractivity contribution is 7.80. The number of carbonyl (C=O) groups excluding carboxylic acids is 2. The molecule has 3 aromatic rings. The van der Waals surface area contributed by atoms with Gasteiger partial charge in [-0.3, -0.25) is 10.1 Å². The van der Waals surface area contributed by atoms with E-state index >= 15 is 0 Å². The van der Waals surface area contributed by atoms with Gasteiger partial charge in [-0.1, -0.05) is 43.3 Å². The molecule has 0 spiro atoms. The number of carbonyl (C=O) groups is 2. The number of hydrogen-bond donors (Lipinski definition) is 2. The van der Waals surface area contributed by atoms with Gasteiger partial charge in [0.05, 0.1) is 12.2 Å². The van der Waals surface area contributed by atoms with Crippen molar-refractivity contribution in [2.75, 3.05) is 11.9 Å². The molecule has 0 aliphatic carbocycles. The van der Waals surface area contributed by atoms with E-state index in [1.54, 1.807) is 48.5 Å². The van der Waals surface area contributed by atoms with Crippen molar-refractivity contribution in [3.8, 4) is 5.75 Å². The summed E-state index contributed by atoms with van der Waals surface area (Å²) < 4.78 is 10.9. The van der Waals surface area contributed by atoms with Crippen LogP contribution in [0, 0.1) is 0 Å². The van der Waals surface area contributed by atoms with Gasteiger partial charge in [0.15, 0.2) is 5.11 Å². The SMILES string of the molecule is CCCOC(=O)c1ccc(NC(=S)NC(=O)c2cccc(OCc3ccccc3)c2)cc1. The van der Waals surface area contributed by atoms with Crippen molar-refractivity contribution in [1.29, 1.82) is 0 Å². The first-order valence-corrected chi connectivity index (χ1v) is 10.6. The standard InChI is InChI=1S/C25H24N2O4S/c1-2-15-30-24(29)19-11-13-21(14-12-19)26-25(32)27-23(28)20-9-6-10-22(16-20)31-17-18-7-4-3-5-8-18/h3-14,16H,2,15,17H2,1H3,(H2,26,27,28,32). The van der Waals surface area contributed by atoms with Crippen LogP contribution in [0.5, 0.6) is 5.75 Å². The fourth-order valence-electron chi connectivity index (χ4n) is 2.77. The first-order valence-electron chi connectivity index (χ1n) is 10.2. The van der Waals surface area contributed by atoms with Gasteiger partial charge in [-0.15, -0.1) is 0 Å². The van der Waals surface area contributed by atoms with Crippen molar-refractivity contribution >= 4 is 34.9 Å². The summed E-state index contributed by atoms with van der Waals surface area (Å²) in [6.45, 7) is 2.73. The Morgan fingerprint density at radius 3 is 2.38 bits per heavy atom. The van der Waals surface area contributed by atoms with Gasteiger partial charge < -0.3 is 14.8 Å². The Labute approximate surface area is 192 Å². The predicted octanol–water partition coefficient (Wildman–Crippen LogP) is 4.96. The van der Waals surface area contributed by atoms with E-state index in [0.29, 0.717) is 35.8 Å². The number of benzene rings is 3. The molecule has 32 heavy (non-hydrogen) atoms. The fourth-order valence-corrected chi connectivity index (χ4v) is 2.98. The maximum atomic E-state index is 12.6. The summed E-state index contributed by atoms with van der Waals surface area (Å²) in [4.78, 5) is 24.4. The number of thiocarbonyl (C=S) groups is 1. The average molecular weight is 449 g/mol. The van der Waals surface area contributed by atoms with E-state index in [2.05, 4.69) is 10.6 Å². The lowest BCUT2D eigenvalue weighted by Crippen LogP contribution is -2.34. The van der Waals surface area contributed by atoms with Gasteiger partial charge in [-0.05, 0) is 66.7 Å². The second kappa shape index (κ2) is 11.6. The van der Waals surface area contributed by atoms with Gasteiger partial charge in [0, 0.05) is 11.3 Å².